The second-order valence-corrected chi connectivity index (χ2v) is 21.4. The van der Waals surface area contributed by atoms with Gasteiger partial charge in [-0.15, -0.1) is 0 Å². The van der Waals surface area contributed by atoms with Crippen LogP contribution in [0.2, 0.25) is 0 Å². The molecule has 0 aliphatic heterocycles. The second kappa shape index (κ2) is 52.5. The van der Waals surface area contributed by atoms with Gasteiger partial charge in [-0.25, -0.2) is 4.57 Å². The number of rotatable bonds is 51. The van der Waals surface area contributed by atoms with Gasteiger partial charge in [-0.3, -0.25) is 18.6 Å². The highest BCUT2D eigenvalue weighted by Crippen LogP contribution is 2.43. The Morgan fingerprint density at radius 3 is 1.18 bits per heavy atom. The molecule has 0 radical (unpaired) electrons. The molecule has 412 valence electrons. The molecule has 2 atom stereocenters. The lowest BCUT2D eigenvalue weighted by atomic mass is 10.1. The number of unbranched alkanes of at least 4 members (excludes halogenated alkanes) is 19. The Bertz CT molecular complexity index is 1580. The number of phosphoric acid groups is 1. The number of esters is 2. The van der Waals surface area contributed by atoms with Crippen LogP contribution in [0, 0.1) is 0 Å². The Morgan fingerprint density at radius 1 is 0.444 bits per heavy atom. The lowest BCUT2D eigenvalue weighted by Gasteiger charge is -2.24. The van der Waals surface area contributed by atoms with Crippen molar-refractivity contribution in [3.8, 4) is 0 Å². The van der Waals surface area contributed by atoms with Crippen LogP contribution in [-0.4, -0.2) is 74.9 Å². The molecule has 1 N–H and O–H groups in total. The molecule has 0 bridgehead atoms. The average Bonchev–Trinajstić information content (AvgIpc) is 3.34. The Hall–Kier alpha value is -3.33. The molecule has 0 amide bonds. The Morgan fingerprint density at radius 2 is 0.792 bits per heavy atom. The van der Waals surface area contributed by atoms with Crippen molar-refractivity contribution >= 4 is 19.8 Å². The van der Waals surface area contributed by atoms with Crippen molar-refractivity contribution in [1.29, 1.82) is 0 Å². The van der Waals surface area contributed by atoms with Gasteiger partial charge in [0.05, 0.1) is 27.7 Å². The zero-order valence-corrected chi connectivity index (χ0v) is 47.5. The second-order valence-electron chi connectivity index (χ2n) is 19.9. The molecule has 10 heteroatoms. The van der Waals surface area contributed by atoms with Crippen molar-refractivity contribution in [3.05, 3.63) is 109 Å². The monoisotopic (exact) mass is 1020 g/mol. The number of carbonyl (C=O) groups is 2. The zero-order chi connectivity index (χ0) is 52.7. The molecule has 0 saturated heterocycles. The summed E-state index contributed by atoms with van der Waals surface area (Å²) in [5, 5.41) is 0. The van der Waals surface area contributed by atoms with E-state index in [-0.39, 0.29) is 32.0 Å². The summed E-state index contributed by atoms with van der Waals surface area (Å²) in [5.41, 5.74) is 0. The summed E-state index contributed by atoms with van der Waals surface area (Å²) in [6.45, 7) is 4.26. The molecule has 0 aliphatic carbocycles. The van der Waals surface area contributed by atoms with Gasteiger partial charge in [0, 0.05) is 12.8 Å². The topological polar surface area (TPSA) is 108 Å². The smallest absolute Gasteiger partial charge is 0.462 e. The predicted molar refractivity (Wildman–Crippen MR) is 307 cm³/mol. The normalized spacial score (nSPS) is 14.1. The molecule has 2 unspecified atom stereocenters. The molecule has 72 heavy (non-hydrogen) atoms. The molecule has 0 saturated carbocycles. The van der Waals surface area contributed by atoms with Gasteiger partial charge in [0.2, 0.25) is 0 Å². The van der Waals surface area contributed by atoms with E-state index in [1.807, 2.05) is 21.1 Å². The summed E-state index contributed by atoms with van der Waals surface area (Å²) in [4.78, 5) is 35.7. The van der Waals surface area contributed by atoms with Gasteiger partial charge in [0.25, 0.3) is 0 Å². The highest BCUT2D eigenvalue weighted by atomic mass is 31.2. The SMILES string of the molecule is CC/C=C\C/C=C\C/C=C\C/C=C\C/C=C\C/C=C\CCCCCCC(=O)OC(COC(=O)CCCCCCCCCCCC/C=C\C/C=C\C/C=C\CCCCCCC)COP(=O)(O)OCC[N+](C)(C)C. The molecule has 0 spiro atoms. The maximum Gasteiger partial charge on any atom is 0.472 e. The first-order chi connectivity index (χ1) is 35.0. The number of hydrogen-bond donors (Lipinski definition) is 1. The maximum atomic E-state index is 12.8. The minimum atomic E-state index is -4.40. The van der Waals surface area contributed by atoms with E-state index in [9.17, 15) is 19.0 Å². The van der Waals surface area contributed by atoms with Crippen LogP contribution in [0.25, 0.3) is 0 Å². The average molecular weight is 1030 g/mol. The molecule has 9 nitrogen and oxygen atoms in total. The molecule has 0 aromatic carbocycles. The minimum Gasteiger partial charge on any atom is -0.462 e. The molecule has 0 aliphatic rings. The predicted octanol–water partition coefficient (Wildman–Crippen LogP) is 17.8. The van der Waals surface area contributed by atoms with Crippen molar-refractivity contribution < 1.29 is 42.1 Å². The van der Waals surface area contributed by atoms with E-state index in [1.165, 1.54) is 83.5 Å². The first-order valence-corrected chi connectivity index (χ1v) is 30.1. The van der Waals surface area contributed by atoms with Gasteiger partial charge in [-0.2, -0.15) is 0 Å². The van der Waals surface area contributed by atoms with Gasteiger partial charge in [-0.1, -0.05) is 213 Å². The van der Waals surface area contributed by atoms with Crippen molar-refractivity contribution in [3.63, 3.8) is 0 Å². The third-order valence-corrected chi connectivity index (χ3v) is 12.8. The van der Waals surface area contributed by atoms with Crippen molar-refractivity contribution in [2.24, 2.45) is 0 Å². The number of allylic oxidation sites excluding steroid dienone is 18. The van der Waals surface area contributed by atoms with Crippen LogP contribution in [0.5, 0.6) is 0 Å². The van der Waals surface area contributed by atoms with Crippen LogP contribution in [0.4, 0.5) is 0 Å². The van der Waals surface area contributed by atoms with Gasteiger partial charge >= 0.3 is 19.8 Å². The summed E-state index contributed by atoms with van der Waals surface area (Å²) in [5.74, 6) is -0.837. The number of ether oxygens (including phenoxy) is 2. The molecule has 0 aromatic heterocycles. The Balaban J connectivity index is 4.27. The minimum absolute atomic E-state index is 0.0195. The maximum absolute atomic E-state index is 12.8. The molecular weight excluding hydrogens is 918 g/mol. The van der Waals surface area contributed by atoms with E-state index < -0.39 is 26.5 Å². The summed E-state index contributed by atoms with van der Waals surface area (Å²) in [7, 11) is 1.44. The first kappa shape index (κ1) is 68.7. The van der Waals surface area contributed by atoms with Gasteiger partial charge < -0.3 is 18.9 Å². The molecule has 0 heterocycles. The number of nitrogens with zero attached hydrogens (tertiary/aromatic N) is 1. The highest BCUT2D eigenvalue weighted by Gasteiger charge is 2.27. The van der Waals surface area contributed by atoms with Crippen molar-refractivity contribution in [2.75, 3.05) is 47.5 Å². The van der Waals surface area contributed by atoms with E-state index in [2.05, 4.69) is 123 Å². The van der Waals surface area contributed by atoms with Crippen molar-refractivity contribution in [1.82, 2.24) is 0 Å². The van der Waals surface area contributed by atoms with Gasteiger partial charge in [0.1, 0.15) is 19.8 Å². The highest BCUT2D eigenvalue weighted by molar-refractivity contribution is 7.47. The standard InChI is InChI=1S/C62H106NO8P/c1-6-8-10-12-14-16-18-20-22-24-26-28-30-31-33-34-36-38-40-42-44-46-48-50-52-54-61(64)68-58-60(59-70-72(66,67)69-57-56-63(3,4)5)71-62(65)55-53-51-49-47-45-43-41-39-37-35-32-29-27-25-23-21-19-17-15-13-11-9-7-2/h9,11,15,17-18,20-21,23-24,26-27,29-31,35,37,41,43,60H,6-8,10,12-14,16,19,22,25,28,32-34,36,38-40,42,44-59H2,1-5H3/p+1/b11-9-,17-15-,20-18-,23-21-,26-24-,29-27-,31-30-,37-35-,43-41-. The van der Waals surface area contributed by atoms with Crippen LogP contribution >= 0.6 is 7.82 Å². The fourth-order valence-corrected chi connectivity index (χ4v) is 8.12. The van der Waals surface area contributed by atoms with E-state index in [0.29, 0.717) is 17.4 Å². The van der Waals surface area contributed by atoms with Gasteiger partial charge in [0.15, 0.2) is 6.10 Å². The van der Waals surface area contributed by atoms with Crippen LogP contribution in [0.3, 0.4) is 0 Å². The quantitative estimate of drug-likeness (QED) is 0.0211. The number of hydrogen-bond acceptors (Lipinski definition) is 7. The van der Waals surface area contributed by atoms with Crippen LogP contribution in [0.1, 0.15) is 219 Å². The largest absolute Gasteiger partial charge is 0.472 e. The number of carbonyl (C=O) groups excluding carboxylic acids is 2. The summed E-state index contributed by atoms with van der Waals surface area (Å²) in [6, 6.07) is 0. The molecule has 0 aromatic rings. The Kier molecular flexibility index (Phi) is 50.1. The number of quaternary nitrogens is 1. The Labute approximate surface area is 442 Å². The van der Waals surface area contributed by atoms with Gasteiger partial charge in [-0.05, 0) is 103 Å². The summed E-state index contributed by atoms with van der Waals surface area (Å²) < 4.78 is 34.5. The third kappa shape index (κ3) is 56.0. The lowest BCUT2D eigenvalue weighted by Crippen LogP contribution is -2.37. The summed E-state index contributed by atoms with van der Waals surface area (Å²) >= 11 is 0. The third-order valence-electron chi connectivity index (χ3n) is 11.8. The fourth-order valence-electron chi connectivity index (χ4n) is 7.38. The van der Waals surface area contributed by atoms with E-state index in [1.54, 1.807) is 0 Å². The van der Waals surface area contributed by atoms with E-state index in [4.69, 9.17) is 18.5 Å². The molecular formula is C62H107NO8P+. The van der Waals surface area contributed by atoms with E-state index >= 15 is 0 Å². The first-order valence-electron chi connectivity index (χ1n) is 28.6. The van der Waals surface area contributed by atoms with Crippen LogP contribution in [-0.2, 0) is 32.7 Å². The van der Waals surface area contributed by atoms with Crippen molar-refractivity contribution in [2.45, 2.75) is 225 Å². The van der Waals surface area contributed by atoms with Crippen LogP contribution in [0.15, 0.2) is 109 Å². The van der Waals surface area contributed by atoms with Crippen LogP contribution < -0.4 is 0 Å². The van der Waals surface area contributed by atoms with E-state index in [0.717, 1.165) is 103 Å². The molecule has 0 fully saturated rings. The number of likely N-dealkylation sites (N-methyl/N-ethyl adjacent to an activating group) is 1. The lowest BCUT2D eigenvalue weighted by molar-refractivity contribution is -0.870. The fraction of sp³-hybridized carbons (Fsp3) is 0.677. The zero-order valence-electron chi connectivity index (χ0n) is 46.6. The summed E-state index contributed by atoms with van der Waals surface area (Å²) in [6.07, 6.45) is 72.9. The number of phosphoric ester groups is 1. The molecule has 0 rings (SSSR count).